The summed E-state index contributed by atoms with van der Waals surface area (Å²) in [5.41, 5.74) is 1.36. The minimum absolute atomic E-state index is 0.327. The molecule has 0 spiro atoms. The summed E-state index contributed by atoms with van der Waals surface area (Å²) >= 11 is 0. The second kappa shape index (κ2) is 9.82. The van der Waals surface area contributed by atoms with Crippen LogP contribution in [0.3, 0.4) is 0 Å². The molecule has 3 nitrogen and oxygen atoms in total. The van der Waals surface area contributed by atoms with Crippen LogP contribution in [0.2, 0.25) is 0 Å². The molecule has 0 amide bonds. The van der Waals surface area contributed by atoms with Crippen LogP contribution >= 0.6 is 0 Å². The Kier molecular flexibility index (Phi) is 8.26. The number of aryl methyl sites for hydroxylation is 1. The molecule has 0 aliphatic carbocycles. The number of hydrogen-bond acceptors (Lipinski definition) is 3. The Bertz CT molecular complexity index is 324. The molecular weight excluding hydrogens is 238 g/mol. The highest BCUT2D eigenvalue weighted by atomic mass is 16.7. The van der Waals surface area contributed by atoms with E-state index in [0.717, 1.165) is 18.7 Å². The average Bonchev–Trinajstić information content (AvgIpc) is 2.44. The Labute approximate surface area is 117 Å². The van der Waals surface area contributed by atoms with Gasteiger partial charge in [0, 0.05) is 12.6 Å². The lowest BCUT2D eigenvalue weighted by molar-refractivity contribution is 0.0224. The standard InChI is InChI=1S/C16H27NO2/c1-4-12-17-14(3)6-7-15-8-10-16(11-9-15)19-13-18-5-2/h8-11,14,17H,4-7,12-13H2,1-3H3. The highest BCUT2D eigenvalue weighted by molar-refractivity contribution is 5.27. The molecule has 0 bridgehead atoms. The van der Waals surface area contributed by atoms with Crippen molar-refractivity contribution in [2.45, 2.75) is 46.1 Å². The summed E-state index contributed by atoms with van der Waals surface area (Å²) in [5.74, 6) is 0.870. The fraction of sp³-hybridized carbons (Fsp3) is 0.625. The fourth-order valence-electron chi connectivity index (χ4n) is 1.82. The highest BCUT2D eigenvalue weighted by Gasteiger charge is 2.01. The second-order valence-corrected chi connectivity index (χ2v) is 4.79. The van der Waals surface area contributed by atoms with Gasteiger partial charge in [-0.05, 0) is 57.4 Å². The van der Waals surface area contributed by atoms with Crippen LogP contribution in [-0.4, -0.2) is 26.0 Å². The zero-order chi connectivity index (χ0) is 13.9. The third-order valence-electron chi connectivity index (χ3n) is 3.05. The van der Waals surface area contributed by atoms with Crippen molar-refractivity contribution in [1.29, 1.82) is 0 Å². The number of rotatable bonds is 10. The molecule has 1 N–H and O–H groups in total. The molecule has 1 aromatic carbocycles. The molecule has 1 unspecified atom stereocenters. The van der Waals surface area contributed by atoms with Gasteiger partial charge in [0.2, 0.25) is 0 Å². The second-order valence-electron chi connectivity index (χ2n) is 4.79. The molecule has 1 aromatic rings. The van der Waals surface area contributed by atoms with E-state index in [-0.39, 0.29) is 0 Å². The van der Waals surface area contributed by atoms with Gasteiger partial charge in [-0.2, -0.15) is 0 Å². The Hall–Kier alpha value is -1.06. The van der Waals surface area contributed by atoms with E-state index in [1.807, 2.05) is 19.1 Å². The monoisotopic (exact) mass is 265 g/mol. The molecule has 0 saturated carbocycles. The van der Waals surface area contributed by atoms with Crippen molar-refractivity contribution in [2.75, 3.05) is 19.9 Å². The minimum Gasteiger partial charge on any atom is -0.468 e. The fourth-order valence-corrected chi connectivity index (χ4v) is 1.82. The number of hydrogen-bond donors (Lipinski definition) is 1. The molecule has 3 heteroatoms. The maximum Gasteiger partial charge on any atom is 0.189 e. The maximum atomic E-state index is 5.45. The first kappa shape index (κ1) is 16.0. The summed E-state index contributed by atoms with van der Waals surface area (Å²) in [5, 5.41) is 3.51. The molecule has 0 radical (unpaired) electrons. The van der Waals surface area contributed by atoms with Crippen molar-refractivity contribution < 1.29 is 9.47 Å². The molecular formula is C16H27NO2. The Balaban J connectivity index is 2.27. The first-order chi connectivity index (χ1) is 9.26. The summed E-state index contributed by atoms with van der Waals surface area (Å²) < 4.78 is 10.6. The predicted molar refractivity (Wildman–Crippen MR) is 79.6 cm³/mol. The SMILES string of the molecule is CCCNC(C)CCc1ccc(OCOCC)cc1. The predicted octanol–water partition coefficient (Wildman–Crippen LogP) is 3.38. The Morgan fingerprint density at radius 1 is 1.16 bits per heavy atom. The van der Waals surface area contributed by atoms with Gasteiger partial charge in [0.25, 0.3) is 0 Å². The summed E-state index contributed by atoms with van der Waals surface area (Å²) in [6.07, 6.45) is 3.46. The normalized spacial score (nSPS) is 12.4. The van der Waals surface area contributed by atoms with E-state index < -0.39 is 0 Å². The van der Waals surface area contributed by atoms with Gasteiger partial charge < -0.3 is 14.8 Å². The first-order valence-corrected chi connectivity index (χ1v) is 7.29. The Morgan fingerprint density at radius 2 is 1.89 bits per heavy atom. The topological polar surface area (TPSA) is 30.5 Å². The van der Waals surface area contributed by atoms with Crippen LogP contribution in [0.25, 0.3) is 0 Å². The lowest BCUT2D eigenvalue weighted by Crippen LogP contribution is -2.27. The van der Waals surface area contributed by atoms with Gasteiger partial charge in [-0.15, -0.1) is 0 Å². The smallest absolute Gasteiger partial charge is 0.189 e. The van der Waals surface area contributed by atoms with E-state index in [4.69, 9.17) is 9.47 Å². The number of nitrogens with one attached hydrogen (secondary N) is 1. The lowest BCUT2D eigenvalue weighted by atomic mass is 10.1. The maximum absolute atomic E-state index is 5.45. The average molecular weight is 265 g/mol. The van der Waals surface area contributed by atoms with Gasteiger partial charge in [0.05, 0.1) is 0 Å². The van der Waals surface area contributed by atoms with Gasteiger partial charge in [0.1, 0.15) is 5.75 Å². The van der Waals surface area contributed by atoms with Crippen LogP contribution in [0.1, 0.15) is 39.2 Å². The molecule has 1 rings (SSSR count). The van der Waals surface area contributed by atoms with Gasteiger partial charge in [0.15, 0.2) is 6.79 Å². The van der Waals surface area contributed by atoms with Gasteiger partial charge in [-0.25, -0.2) is 0 Å². The molecule has 108 valence electrons. The molecule has 0 heterocycles. The molecule has 0 aliphatic rings. The zero-order valence-corrected chi connectivity index (χ0v) is 12.4. The quantitative estimate of drug-likeness (QED) is 0.519. The molecule has 0 aliphatic heterocycles. The van der Waals surface area contributed by atoms with Crippen molar-refractivity contribution in [1.82, 2.24) is 5.32 Å². The third kappa shape index (κ3) is 7.19. The van der Waals surface area contributed by atoms with Crippen LogP contribution in [0.15, 0.2) is 24.3 Å². The third-order valence-corrected chi connectivity index (χ3v) is 3.05. The zero-order valence-electron chi connectivity index (χ0n) is 12.4. The van der Waals surface area contributed by atoms with Crippen molar-refractivity contribution >= 4 is 0 Å². The van der Waals surface area contributed by atoms with Crippen molar-refractivity contribution in [3.8, 4) is 5.75 Å². The molecule has 19 heavy (non-hydrogen) atoms. The van der Waals surface area contributed by atoms with Gasteiger partial charge >= 0.3 is 0 Å². The lowest BCUT2D eigenvalue weighted by Gasteiger charge is -2.13. The summed E-state index contributed by atoms with van der Waals surface area (Å²) in [4.78, 5) is 0. The van der Waals surface area contributed by atoms with E-state index in [9.17, 15) is 0 Å². The summed E-state index contributed by atoms with van der Waals surface area (Å²) in [6.45, 7) is 8.51. The van der Waals surface area contributed by atoms with E-state index in [0.29, 0.717) is 19.4 Å². The largest absolute Gasteiger partial charge is 0.468 e. The van der Waals surface area contributed by atoms with Crippen LogP contribution in [-0.2, 0) is 11.2 Å². The summed E-state index contributed by atoms with van der Waals surface area (Å²) in [7, 11) is 0. The molecule has 1 atom stereocenters. The number of ether oxygens (including phenoxy) is 2. The van der Waals surface area contributed by atoms with Crippen LogP contribution in [0, 0.1) is 0 Å². The van der Waals surface area contributed by atoms with Crippen LogP contribution in [0.5, 0.6) is 5.75 Å². The van der Waals surface area contributed by atoms with Crippen LogP contribution in [0.4, 0.5) is 0 Å². The highest BCUT2D eigenvalue weighted by Crippen LogP contribution is 2.14. The van der Waals surface area contributed by atoms with E-state index in [1.165, 1.54) is 18.4 Å². The van der Waals surface area contributed by atoms with E-state index in [1.54, 1.807) is 0 Å². The van der Waals surface area contributed by atoms with E-state index >= 15 is 0 Å². The minimum atomic E-state index is 0.327. The van der Waals surface area contributed by atoms with Crippen molar-refractivity contribution in [3.05, 3.63) is 29.8 Å². The van der Waals surface area contributed by atoms with E-state index in [2.05, 4.69) is 31.3 Å². The molecule has 0 fully saturated rings. The van der Waals surface area contributed by atoms with Gasteiger partial charge in [-0.3, -0.25) is 0 Å². The summed E-state index contributed by atoms with van der Waals surface area (Å²) in [6, 6.07) is 8.87. The molecule has 0 aromatic heterocycles. The first-order valence-electron chi connectivity index (χ1n) is 7.29. The van der Waals surface area contributed by atoms with Crippen LogP contribution < -0.4 is 10.1 Å². The van der Waals surface area contributed by atoms with Crippen molar-refractivity contribution in [3.63, 3.8) is 0 Å². The Morgan fingerprint density at radius 3 is 2.53 bits per heavy atom. The van der Waals surface area contributed by atoms with Gasteiger partial charge in [-0.1, -0.05) is 19.1 Å². The van der Waals surface area contributed by atoms with Crippen molar-refractivity contribution in [2.24, 2.45) is 0 Å². The molecule has 0 saturated heterocycles. The number of benzene rings is 1.